The van der Waals surface area contributed by atoms with Gasteiger partial charge < -0.3 is 14.8 Å². The van der Waals surface area contributed by atoms with E-state index in [0.717, 1.165) is 59.7 Å². The number of unbranched alkanes of at least 4 members (excludes halogenated alkanes) is 1. The molecule has 1 aliphatic heterocycles. The Balaban J connectivity index is 1.42. The first-order valence-electron chi connectivity index (χ1n) is 12.2. The fourth-order valence-corrected chi connectivity index (χ4v) is 6.05. The van der Waals surface area contributed by atoms with E-state index in [2.05, 4.69) is 51.1 Å². The summed E-state index contributed by atoms with van der Waals surface area (Å²) in [5.41, 5.74) is 1.99. The minimum absolute atomic E-state index is 0.201. The Labute approximate surface area is 210 Å². The van der Waals surface area contributed by atoms with Gasteiger partial charge in [0.05, 0.1) is 17.9 Å². The molecule has 1 aromatic carbocycles. The molecule has 2 aromatic heterocycles. The van der Waals surface area contributed by atoms with Crippen LogP contribution in [-0.4, -0.2) is 48.4 Å². The standard InChI is InChI=1S/C25H34N6OS2/c1-4-5-14-30-22(15-21-16-33-24(27-21)26-20-12-7-6-8-13-20)28-29-25(30)34-17-23(32)31-18(2)10-9-11-19(31)3/h6-8,12-13,16,18-19H,4-5,9-11,14-15,17H2,1-3H3,(H,26,27). The molecule has 1 N–H and O–H groups in total. The van der Waals surface area contributed by atoms with E-state index < -0.39 is 0 Å². The number of nitrogens with zero attached hydrogens (tertiary/aromatic N) is 5. The summed E-state index contributed by atoms with van der Waals surface area (Å²) < 4.78 is 2.17. The molecule has 0 radical (unpaired) electrons. The number of para-hydroxylation sites is 1. The molecule has 2 unspecified atom stereocenters. The highest BCUT2D eigenvalue weighted by molar-refractivity contribution is 7.99. The van der Waals surface area contributed by atoms with Gasteiger partial charge in [0.15, 0.2) is 10.3 Å². The van der Waals surface area contributed by atoms with E-state index in [-0.39, 0.29) is 5.91 Å². The normalized spacial score (nSPS) is 18.3. The second-order valence-electron chi connectivity index (χ2n) is 8.93. The smallest absolute Gasteiger partial charge is 0.233 e. The molecule has 0 spiro atoms. The van der Waals surface area contributed by atoms with Crippen molar-refractivity contribution in [1.29, 1.82) is 0 Å². The van der Waals surface area contributed by atoms with Crippen molar-refractivity contribution < 1.29 is 4.79 Å². The number of carbonyl (C=O) groups is 1. The number of amides is 1. The monoisotopic (exact) mass is 498 g/mol. The van der Waals surface area contributed by atoms with Crippen LogP contribution in [0.1, 0.15) is 64.4 Å². The SMILES string of the molecule is CCCCn1c(Cc2csc(Nc3ccccc3)n2)nnc1SCC(=O)N1C(C)CCCC1C. The van der Waals surface area contributed by atoms with Crippen molar-refractivity contribution in [2.75, 3.05) is 11.1 Å². The Kier molecular flexibility index (Phi) is 8.61. The molecular formula is C25H34N6OS2. The number of thioether (sulfide) groups is 1. The Morgan fingerprint density at radius 3 is 2.68 bits per heavy atom. The van der Waals surface area contributed by atoms with Gasteiger partial charge in [0, 0.05) is 29.7 Å². The molecule has 1 aliphatic rings. The number of benzene rings is 1. The third-order valence-electron chi connectivity index (χ3n) is 6.25. The summed E-state index contributed by atoms with van der Waals surface area (Å²) in [7, 11) is 0. The van der Waals surface area contributed by atoms with Gasteiger partial charge in [0.25, 0.3) is 0 Å². The van der Waals surface area contributed by atoms with Crippen LogP contribution in [0.3, 0.4) is 0 Å². The van der Waals surface area contributed by atoms with Crippen LogP contribution in [-0.2, 0) is 17.8 Å². The highest BCUT2D eigenvalue weighted by Crippen LogP contribution is 2.27. The summed E-state index contributed by atoms with van der Waals surface area (Å²) in [6.07, 6.45) is 6.14. The van der Waals surface area contributed by atoms with Crippen molar-refractivity contribution in [3.63, 3.8) is 0 Å². The summed E-state index contributed by atoms with van der Waals surface area (Å²) >= 11 is 3.10. The van der Waals surface area contributed by atoms with Gasteiger partial charge in [-0.3, -0.25) is 4.79 Å². The van der Waals surface area contributed by atoms with Crippen LogP contribution in [0.15, 0.2) is 40.9 Å². The van der Waals surface area contributed by atoms with Gasteiger partial charge in [-0.15, -0.1) is 21.5 Å². The van der Waals surface area contributed by atoms with Gasteiger partial charge in [-0.25, -0.2) is 4.98 Å². The van der Waals surface area contributed by atoms with Crippen LogP contribution in [0, 0.1) is 0 Å². The average Bonchev–Trinajstić information content (AvgIpc) is 3.43. The second-order valence-corrected chi connectivity index (χ2v) is 10.7. The number of likely N-dealkylation sites (tertiary alicyclic amines) is 1. The van der Waals surface area contributed by atoms with E-state index in [1.807, 2.05) is 30.3 Å². The van der Waals surface area contributed by atoms with E-state index in [1.54, 1.807) is 11.3 Å². The number of aromatic nitrogens is 4. The summed E-state index contributed by atoms with van der Waals surface area (Å²) in [6, 6.07) is 10.7. The van der Waals surface area contributed by atoms with Crippen LogP contribution in [0.25, 0.3) is 0 Å². The molecule has 182 valence electrons. The average molecular weight is 499 g/mol. The van der Waals surface area contributed by atoms with Gasteiger partial charge in [-0.2, -0.15) is 0 Å². The third kappa shape index (κ3) is 6.18. The van der Waals surface area contributed by atoms with Crippen molar-refractivity contribution in [2.24, 2.45) is 0 Å². The molecule has 2 atom stereocenters. The van der Waals surface area contributed by atoms with Crippen LogP contribution >= 0.6 is 23.1 Å². The summed E-state index contributed by atoms with van der Waals surface area (Å²) in [5.74, 6) is 1.51. The van der Waals surface area contributed by atoms with Crippen LogP contribution in [0.5, 0.6) is 0 Å². The first-order valence-corrected chi connectivity index (χ1v) is 14.0. The quantitative estimate of drug-likeness (QED) is 0.359. The number of piperidine rings is 1. The Bertz CT molecular complexity index is 1060. The number of hydrogen-bond acceptors (Lipinski definition) is 7. The van der Waals surface area contributed by atoms with Gasteiger partial charge in [-0.1, -0.05) is 43.3 Å². The zero-order chi connectivity index (χ0) is 23.9. The number of anilines is 2. The number of nitrogens with one attached hydrogen (secondary N) is 1. The second kappa shape index (κ2) is 11.8. The van der Waals surface area contributed by atoms with Gasteiger partial charge in [0.1, 0.15) is 5.82 Å². The fraction of sp³-hybridized carbons (Fsp3) is 0.520. The van der Waals surface area contributed by atoms with E-state index >= 15 is 0 Å². The molecule has 3 aromatic rings. The van der Waals surface area contributed by atoms with Crippen LogP contribution in [0.4, 0.5) is 10.8 Å². The van der Waals surface area contributed by atoms with Crippen molar-refractivity contribution in [3.8, 4) is 0 Å². The lowest BCUT2D eigenvalue weighted by Gasteiger charge is -2.39. The van der Waals surface area contributed by atoms with Crippen molar-refractivity contribution >= 4 is 39.8 Å². The van der Waals surface area contributed by atoms with Crippen molar-refractivity contribution in [2.45, 2.75) is 83.1 Å². The van der Waals surface area contributed by atoms with E-state index in [1.165, 1.54) is 18.2 Å². The zero-order valence-corrected chi connectivity index (χ0v) is 21.9. The van der Waals surface area contributed by atoms with Gasteiger partial charge >= 0.3 is 0 Å². The molecule has 7 nitrogen and oxygen atoms in total. The summed E-state index contributed by atoms with van der Waals surface area (Å²) in [6.45, 7) is 7.36. The molecule has 4 rings (SSSR count). The number of carbonyl (C=O) groups excluding carboxylic acids is 1. The first-order chi connectivity index (χ1) is 16.5. The number of hydrogen-bond donors (Lipinski definition) is 1. The first kappa shape index (κ1) is 24.7. The Morgan fingerprint density at radius 2 is 1.94 bits per heavy atom. The molecule has 1 fully saturated rings. The third-order valence-corrected chi connectivity index (χ3v) is 8.01. The van der Waals surface area contributed by atoms with Crippen LogP contribution in [0.2, 0.25) is 0 Å². The lowest BCUT2D eigenvalue weighted by Crippen LogP contribution is -2.48. The minimum Gasteiger partial charge on any atom is -0.337 e. The van der Waals surface area contributed by atoms with Crippen molar-refractivity contribution in [1.82, 2.24) is 24.6 Å². The molecule has 1 amide bonds. The Hall–Kier alpha value is -2.39. The highest BCUT2D eigenvalue weighted by Gasteiger charge is 2.29. The molecule has 3 heterocycles. The summed E-state index contributed by atoms with van der Waals surface area (Å²) in [4.78, 5) is 19.8. The van der Waals surface area contributed by atoms with Gasteiger partial charge in [0.2, 0.25) is 5.91 Å². The van der Waals surface area contributed by atoms with E-state index in [0.29, 0.717) is 24.3 Å². The maximum absolute atomic E-state index is 13.0. The molecule has 34 heavy (non-hydrogen) atoms. The molecule has 1 saturated heterocycles. The maximum atomic E-state index is 13.0. The minimum atomic E-state index is 0.201. The molecule has 0 saturated carbocycles. The lowest BCUT2D eigenvalue weighted by atomic mass is 9.98. The number of rotatable bonds is 10. The van der Waals surface area contributed by atoms with E-state index in [9.17, 15) is 4.79 Å². The fourth-order valence-electron chi connectivity index (χ4n) is 4.46. The molecular weight excluding hydrogens is 464 g/mol. The Morgan fingerprint density at radius 1 is 1.18 bits per heavy atom. The molecule has 0 aliphatic carbocycles. The predicted molar refractivity (Wildman–Crippen MR) is 140 cm³/mol. The lowest BCUT2D eigenvalue weighted by molar-refractivity contribution is -0.134. The topological polar surface area (TPSA) is 75.9 Å². The highest BCUT2D eigenvalue weighted by atomic mass is 32.2. The van der Waals surface area contributed by atoms with Gasteiger partial charge in [-0.05, 0) is 51.7 Å². The zero-order valence-electron chi connectivity index (χ0n) is 20.2. The predicted octanol–water partition coefficient (Wildman–Crippen LogP) is 5.75. The maximum Gasteiger partial charge on any atom is 0.233 e. The molecule has 0 bridgehead atoms. The van der Waals surface area contributed by atoms with Crippen LogP contribution < -0.4 is 5.32 Å². The summed E-state index contributed by atoms with van der Waals surface area (Å²) in [5, 5.41) is 16.1. The van der Waals surface area contributed by atoms with Crippen molar-refractivity contribution in [3.05, 3.63) is 47.2 Å². The number of thiazole rings is 1. The molecule has 9 heteroatoms. The largest absolute Gasteiger partial charge is 0.337 e. The van der Waals surface area contributed by atoms with E-state index in [4.69, 9.17) is 4.98 Å².